The predicted molar refractivity (Wildman–Crippen MR) is 114 cm³/mol. The van der Waals surface area contributed by atoms with Crippen LogP contribution in [-0.4, -0.2) is 38.0 Å². The molecule has 176 valence electrons. The quantitative estimate of drug-likeness (QED) is 0.457. The van der Waals surface area contributed by atoms with Gasteiger partial charge in [-0.3, -0.25) is 9.59 Å². The molecule has 33 heavy (non-hydrogen) atoms. The molecule has 1 aliphatic rings. The standard InChI is InChI=1S/C24H24F3NO5/c1-3-32-23(30)21(16-5-4-6-20(14-16)31-2)17-7-10-18(13-17)28-22(29)15-8-11-19(12-9-15)33-24(25,26)27/h4-12,14,17-18,21H,3,13H2,1-2H3,(H,28,29)/t17-,18-,21-/m1/s1. The first-order valence-corrected chi connectivity index (χ1v) is 10.4. The molecule has 0 aromatic heterocycles. The number of alkyl halides is 3. The molecular weight excluding hydrogens is 439 g/mol. The number of benzene rings is 2. The molecule has 6 nitrogen and oxygen atoms in total. The van der Waals surface area contributed by atoms with Gasteiger partial charge in [0.25, 0.3) is 5.91 Å². The van der Waals surface area contributed by atoms with Crippen molar-refractivity contribution >= 4 is 11.9 Å². The average Bonchev–Trinajstić information content (AvgIpc) is 3.21. The second-order valence-electron chi connectivity index (χ2n) is 7.44. The van der Waals surface area contributed by atoms with Crippen LogP contribution in [0.4, 0.5) is 13.2 Å². The fourth-order valence-corrected chi connectivity index (χ4v) is 3.77. The van der Waals surface area contributed by atoms with Crippen LogP contribution in [0.25, 0.3) is 0 Å². The SMILES string of the molecule is CCOC(=O)[C@H](c1cccc(OC)c1)[C@@H]1C=C[C@@H](NC(=O)c2ccc(OC(F)(F)F)cc2)C1. The van der Waals surface area contributed by atoms with E-state index in [9.17, 15) is 22.8 Å². The highest BCUT2D eigenvalue weighted by Gasteiger charge is 2.35. The third kappa shape index (κ3) is 6.50. The predicted octanol–water partition coefficient (Wildman–Crippen LogP) is 4.62. The first-order chi connectivity index (χ1) is 15.7. The molecule has 0 bridgehead atoms. The molecule has 0 heterocycles. The van der Waals surface area contributed by atoms with Crippen LogP contribution in [0.15, 0.2) is 60.7 Å². The van der Waals surface area contributed by atoms with E-state index in [0.29, 0.717) is 12.2 Å². The van der Waals surface area contributed by atoms with Crippen LogP contribution in [0.2, 0.25) is 0 Å². The summed E-state index contributed by atoms with van der Waals surface area (Å²) in [6.07, 6.45) is -0.671. The largest absolute Gasteiger partial charge is 0.573 e. The van der Waals surface area contributed by atoms with Crippen LogP contribution >= 0.6 is 0 Å². The van der Waals surface area contributed by atoms with E-state index < -0.39 is 23.9 Å². The van der Waals surface area contributed by atoms with Gasteiger partial charge in [0, 0.05) is 11.6 Å². The van der Waals surface area contributed by atoms with Crippen molar-refractivity contribution < 1.29 is 37.0 Å². The molecule has 0 radical (unpaired) electrons. The highest BCUT2D eigenvalue weighted by atomic mass is 19.4. The summed E-state index contributed by atoms with van der Waals surface area (Å²) in [5, 5.41) is 2.83. The lowest BCUT2D eigenvalue weighted by Gasteiger charge is -2.23. The van der Waals surface area contributed by atoms with E-state index in [1.54, 1.807) is 38.3 Å². The molecule has 0 unspecified atom stereocenters. The topological polar surface area (TPSA) is 73.9 Å². The summed E-state index contributed by atoms with van der Waals surface area (Å²) in [6, 6.07) is 11.5. The van der Waals surface area contributed by atoms with Crippen molar-refractivity contribution in [3.63, 3.8) is 0 Å². The van der Waals surface area contributed by atoms with Crippen LogP contribution in [0.5, 0.6) is 11.5 Å². The molecule has 0 aliphatic heterocycles. The number of hydrogen-bond acceptors (Lipinski definition) is 5. The summed E-state index contributed by atoms with van der Waals surface area (Å²) in [5.41, 5.74) is 0.936. The van der Waals surface area contributed by atoms with Gasteiger partial charge in [0.15, 0.2) is 0 Å². The minimum atomic E-state index is -4.80. The van der Waals surface area contributed by atoms with Crippen molar-refractivity contribution in [1.82, 2.24) is 5.32 Å². The Kier molecular flexibility index (Phi) is 7.63. The normalized spacial score (nSPS) is 18.5. The number of amides is 1. The number of halogens is 3. The van der Waals surface area contributed by atoms with Gasteiger partial charge in [-0.25, -0.2) is 0 Å². The molecule has 0 saturated carbocycles. The van der Waals surface area contributed by atoms with E-state index in [2.05, 4.69) is 10.1 Å². The lowest BCUT2D eigenvalue weighted by Crippen LogP contribution is -2.33. The number of ether oxygens (including phenoxy) is 3. The summed E-state index contributed by atoms with van der Waals surface area (Å²) in [4.78, 5) is 25.3. The first kappa shape index (κ1) is 24.2. The van der Waals surface area contributed by atoms with Crippen molar-refractivity contribution in [3.8, 4) is 11.5 Å². The van der Waals surface area contributed by atoms with Gasteiger partial charge in [0.05, 0.1) is 19.6 Å². The Balaban J connectivity index is 1.67. The number of carbonyl (C=O) groups excluding carboxylic acids is 2. The highest BCUT2D eigenvalue weighted by molar-refractivity contribution is 5.94. The van der Waals surface area contributed by atoms with Gasteiger partial charge in [-0.05, 0) is 61.2 Å². The zero-order chi connectivity index (χ0) is 24.0. The average molecular weight is 463 g/mol. The fourth-order valence-electron chi connectivity index (χ4n) is 3.77. The number of hydrogen-bond donors (Lipinski definition) is 1. The van der Waals surface area contributed by atoms with Gasteiger partial charge >= 0.3 is 12.3 Å². The maximum atomic E-state index is 12.7. The highest BCUT2D eigenvalue weighted by Crippen LogP contribution is 2.36. The molecule has 9 heteroatoms. The van der Waals surface area contributed by atoms with Crippen LogP contribution < -0.4 is 14.8 Å². The molecule has 3 atom stereocenters. The second kappa shape index (κ2) is 10.4. The minimum absolute atomic E-state index is 0.191. The van der Waals surface area contributed by atoms with E-state index in [-0.39, 0.29) is 30.1 Å². The zero-order valence-electron chi connectivity index (χ0n) is 18.1. The van der Waals surface area contributed by atoms with Crippen molar-refractivity contribution in [2.45, 2.75) is 31.7 Å². The Morgan fingerprint density at radius 3 is 2.45 bits per heavy atom. The Bertz CT molecular complexity index is 1000. The first-order valence-electron chi connectivity index (χ1n) is 10.4. The van der Waals surface area contributed by atoms with Gasteiger partial charge in [-0.2, -0.15) is 0 Å². The number of carbonyl (C=O) groups is 2. The van der Waals surface area contributed by atoms with Crippen LogP contribution in [-0.2, 0) is 9.53 Å². The Hall–Kier alpha value is -3.49. The van der Waals surface area contributed by atoms with E-state index in [1.165, 1.54) is 12.1 Å². The van der Waals surface area contributed by atoms with Gasteiger partial charge < -0.3 is 19.5 Å². The van der Waals surface area contributed by atoms with E-state index in [0.717, 1.165) is 17.7 Å². The summed E-state index contributed by atoms with van der Waals surface area (Å²) < 4.78 is 51.2. The van der Waals surface area contributed by atoms with Crippen molar-refractivity contribution in [3.05, 3.63) is 71.8 Å². The lowest BCUT2D eigenvalue weighted by molar-refractivity contribution is -0.274. The molecule has 2 aromatic carbocycles. The Morgan fingerprint density at radius 2 is 1.82 bits per heavy atom. The maximum absolute atomic E-state index is 12.7. The van der Waals surface area contributed by atoms with Crippen LogP contribution in [0, 0.1) is 5.92 Å². The number of methoxy groups -OCH3 is 1. The smallest absolute Gasteiger partial charge is 0.497 e. The minimum Gasteiger partial charge on any atom is -0.497 e. The molecule has 1 N–H and O–H groups in total. The molecule has 0 spiro atoms. The molecule has 3 rings (SSSR count). The number of esters is 1. The molecule has 2 aromatic rings. The molecule has 0 fully saturated rings. The molecular formula is C24H24F3NO5. The van der Waals surface area contributed by atoms with E-state index in [1.807, 2.05) is 12.1 Å². The molecule has 1 aliphatic carbocycles. The fraction of sp³-hybridized carbons (Fsp3) is 0.333. The number of allylic oxidation sites excluding steroid dienone is 1. The lowest BCUT2D eigenvalue weighted by atomic mass is 9.85. The van der Waals surface area contributed by atoms with Gasteiger partial charge in [0.2, 0.25) is 0 Å². The van der Waals surface area contributed by atoms with E-state index >= 15 is 0 Å². The summed E-state index contributed by atoms with van der Waals surface area (Å²) in [7, 11) is 1.54. The summed E-state index contributed by atoms with van der Waals surface area (Å²) >= 11 is 0. The van der Waals surface area contributed by atoms with Crippen molar-refractivity contribution in [1.29, 1.82) is 0 Å². The zero-order valence-corrected chi connectivity index (χ0v) is 18.1. The number of nitrogens with one attached hydrogen (secondary N) is 1. The van der Waals surface area contributed by atoms with Gasteiger partial charge in [-0.15, -0.1) is 13.2 Å². The van der Waals surface area contributed by atoms with Gasteiger partial charge in [-0.1, -0.05) is 24.3 Å². The van der Waals surface area contributed by atoms with E-state index in [4.69, 9.17) is 9.47 Å². The summed E-state index contributed by atoms with van der Waals surface area (Å²) in [5.74, 6) is -1.39. The monoisotopic (exact) mass is 463 g/mol. The maximum Gasteiger partial charge on any atom is 0.573 e. The van der Waals surface area contributed by atoms with Crippen LogP contribution in [0.3, 0.4) is 0 Å². The number of rotatable bonds is 8. The summed E-state index contributed by atoms with van der Waals surface area (Å²) in [6.45, 7) is 1.98. The molecule has 1 amide bonds. The second-order valence-corrected chi connectivity index (χ2v) is 7.44. The van der Waals surface area contributed by atoms with Crippen LogP contribution in [0.1, 0.15) is 35.2 Å². The Labute approximate surface area is 189 Å². The van der Waals surface area contributed by atoms with Crippen molar-refractivity contribution in [2.24, 2.45) is 5.92 Å². The van der Waals surface area contributed by atoms with Crippen molar-refractivity contribution in [2.75, 3.05) is 13.7 Å². The third-order valence-electron chi connectivity index (χ3n) is 5.20. The third-order valence-corrected chi connectivity index (χ3v) is 5.20. The molecule has 0 saturated heterocycles. The van der Waals surface area contributed by atoms with Gasteiger partial charge in [0.1, 0.15) is 11.5 Å². The Morgan fingerprint density at radius 1 is 1.09 bits per heavy atom.